The van der Waals surface area contributed by atoms with Gasteiger partial charge in [0.1, 0.15) is 0 Å². The maximum atomic E-state index is 13.7. The zero-order valence-electron chi connectivity index (χ0n) is 11.3. The van der Waals surface area contributed by atoms with Gasteiger partial charge in [0, 0.05) is 5.56 Å². The Morgan fingerprint density at radius 2 is 2.00 bits per heavy atom. The number of phenolic OH excluding ortho intramolecular Hbond substituents is 1. The van der Waals surface area contributed by atoms with Crippen LogP contribution in [0.3, 0.4) is 0 Å². The van der Waals surface area contributed by atoms with Crippen molar-refractivity contribution in [3.05, 3.63) is 23.8 Å². The van der Waals surface area contributed by atoms with Gasteiger partial charge in [0.15, 0.2) is 11.5 Å². The van der Waals surface area contributed by atoms with Crippen molar-refractivity contribution in [2.75, 3.05) is 6.61 Å². The fraction of sp³-hybridized carbons (Fsp3) is 0.417. The third kappa shape index (κ3) is 5.23. The van der Waals surface area contributed by atoms with E-state index in [0.29, 0.717) is 0 Å². The summed E-state index contributed by atoms with van der Waals surface area (Å²) < 4.78 is 58.1. The predicted molar refractivity (Wildman–Crippen MR) is 70.5 cm³/mol. The van der Waals surface area contributed by atoms with Crippen molar-refractivity contribution in [3.8, 4) is 11.5 Å². The van der Waals surface area contributed by atoms with E-state index < -0.39 is 41.6 Å². The minimum atomic E-state index is -5.03. The molecule has 10 heteroatoms. The number of para-hydroxylation sites is 1. The van der Waals surface area contributed by atoms with Crippen LogP contribution >= 0.6 is 12.4 Å². The Bertz CT molecular complexity index is 512. The van der Waals surface area contributed by atoms with Crippen LogP contribution in [-0.4, -0.2) is 30.2 Å². The van der Waals surface area contributed by atoms with Gasteiger partial charge >= 0.3 is 12.3 Å². The number of benzene rings is 1. The van der Waals surface area contributed by atoms with Crippen LogP contribution in [0.5, 0.6) is 11.5 Å². The fourth-order valence-electron chi connectivity index (χ4n) is 1.54. The number of nitrogens with two attached hydrogens (primary N) is 1. The molecule has 0 saturated carbocycles. The molecule has 1 unspecified atom stereocenters. The van der Waals surface area contributed by atoms with Gasteiger partial charge in [0.2, 0.25) is 6.17 Å². The second kappa shape index (κ2) is 8.04. The second-order valence-electron chi connectivity index (χ2n) is 3.92. The van der Waals surface area contributed by atoms with Crippen LogP contribution in [0.25, 0.3) is 0 Å². The first-order chi connectivity index (χ1) is 9.67. The molecule has 0 aliphatic rings. The van der Waals surface area contributed by atoms with E-state index >= 15 is 0 Å². The molecule has 1 rings (SSSR count). The highest BCUT2D eigenvalue weighted by molar-refractivity contribution is 5.85. The molecule has 0 aliphatic carbocycles. The van der Waals surface area contributed by atoms with E-state index in [1.165, 1.54) is 6.92 Å². The summed E-state index contributed by atoms with van der Waals surface area (Å²) in [5, 5.41) is 9.66. The van der Waals surface area contributed by atoms with Gasteiger partial charge in [0.25, 0.3) is 0 Å². The predicted octanol–water partition coefficient (Wildman–Crippen LogP) is 2.61. The van der Waals surface area contributed by atoms with Crippen LogP contribution in [-0.2, 0) is 9.53 Å². The molecule has 0 spiro atoms. The van der Waals surface area contributed by atoms with Gasteiger partial charge in [-0.1, -0.05) is 12.1 Å². The first-order valence-corrected chi connectivity index (χ1v) is 5.81. The Balaban J connectivity index is 0.00000441. The van der Waals surface area contributed by atoms with Crippen LogP contribution in [0.15, 0.2) is 18.2 Å². The van der Waals surface area contributed by atoms with Crippen molar-refractivity contribution in [1.82, 2.24) is 0 Å². The van der Waals surface area contributed by atoms with Crippen LogP contribution in [0.1, 0.15) is 18.5 Å². The molecule has 0 bridgehead atoms. The zero-order valence-corrected chi connectivity index (χ0v) is 12.1. The largest absolute Gasteiger partial charge is 0.573 e. The number of carbonyl (C=O) groups is 1. The summed E-state index contributed by atoms with van der Waals surface area (Å²) in [5.41, 5.74) is 5.03. The van der Waals surface area contributed by atoms with Gasteiger partial charge in [-0.25, -0.2) is 9.18 Å². The number of phenols is 1. The Morgan fingerprint density at radius 3 is 2.50 bits per heavy atom. The number of alkyl halides is 4. The SMILES string of the molecule is CCOC(=O)C(F)[C@H](N)c1cccc(OC(F)(F)F)c1O.Cl. The monoisotopic (exact) mass is 347 g/mol. The fourth-order valence-corrected chi connectivity index (χ4v) is 1.54. The van der Waals surface area contributed by atoms with Gasteiger partial charge in [-0.3, -0.25) is 0 Å². The summed E-state index contributed by atoms with van der Waals surface area (Å²) in [7, 11) is 0. The van der Waals surface area contributed by atoms with Crippen LogP contribution in [0.4, 0.5) is 17.6 Å². The molecule has 0 heterocycles. The number of hydrogen-bond donors (Lipinski definition) is 2. The number of ether oxygens (including phenoxy) is 2. The number of rotatable bonds is 5. The molecule has 126 valence electrons. The van der Waals surface area contributed by atoms with Crippen LogP contribution in [0, 0.1) is 0 Å². The molecule has 22 heavy (non-hydrogen) atoms. The van der Waals surface area contributed by atoms with E-state index in [1.54, 1.807) is 0 Å². The topological polar surface area (TPSA) is 81.8 Å². The number of halogens is 5. The summed E-state index contributed by atoms with van der Waals surface area (Å²) in [5.74, 6) is -3.20. The molecule has 0 aromatic heterocycles. The summed E-state index contributed by atoms with van der Waals surface area (Å²) in [4.78, 5) is 11.2. The van der Waals surface area contributed by atoms with Crippen molar-refractivity contribution in [2.24, 2.45) is 5.73 Å². The number of aromatic hydroxyl groups is 1. The molecule has 1 aromatic rings. The lowest BCUT2D eigenvalue weighted by molar-refractivity contribution is -0.275. The van der Waals surface area contributed by atoms with Gasteiger partial charge in [-0.2, -0.15) is 0 Å². The van der Waals surface area contributed by atoms with Crippen LogP contribution in [0.2, 0.25) is 0 Å². The maximum Gasteiger partial charge on any atom is 0.573 e. The summed E-state index contributed by atoms with van der Waals surface area (Å²) >= 11 is 0. The molecule has 0 radical (unpaired) electrons. The number of esters is 1. The van der Waals surface area contributed by atoms with E-state index in [9.17, 15) is 27.5 Å². The molecule has 2 atom stereocenters. The Labute approximate surface area is 129 Å². The molecule has 0 amide bonds. The smallest absolute Gasteiger partial charge is 0.504 e. The average molecular weight is 348 g/mol. The van der Waals surface area contributed by atoms with Crippen LogP contribution < -0.4 is 10.5 Å². The van der Waals surface area contributed by atoms with Crippen molar-refractivity contribution in [1.29, 1.82) is 0 Å². The first-order valence-electron chi connectivity index (χ1n) is 5.81. The highest BCUT2D eigenvalue weighted by atomic mass is 35.5. The van der Waals surface area contributed by atoms with E-state index in [0.717, 1.165) is 18.2 Å². The van der Waals surface area contributed by atoms with Crippen molar-refractivity contribution in [3.63, 3.8) is 0 Å². The molecule has 0 saturated heterocycles. The molecule has 0 aliphatic heterocycles. The maximum absolute atomic E-state index is 13.7. The quantitative estimate of drug-likeness (QED) is 0.632. The third-order valence-corrected chi connectivity index (χ3v) is 2.44. The average Bonchev–Trinajstić information content (AvgIpc) is 2.38. The molecular weight excluding hydrogens is 334 g/mol. The number of hydrogen-bond acceptors (Lipinski definition) is 5. The lowest BCUT2D eigenvalue weighted by Crippen LogP contribution is -2.31. The van der Waals surface area contributed by atoms with Crippen molar-refractivity contribution in [2.45, 2.75) is 25.5 Å². The minimum Gasteiger partial charge on any atom is -0.504 e. The van der Waals surface area contributed by atoms with E-state index in [4.69, 9.17) is 5.73 Å². The summed E-state index contributed by atoms with van der Waals surface area (Å²) in [6.45, 7) is 1.36. The Morgan fingerprint density at radius 1 is 1.41 bits per heavy atom. The Kier molecular flexibility index (Phi) is 7.41. The van der Waals surface area contributed by atoms with Gasteiger partial charge in [-0.15, -0.1) is 25.6 Å². The number of carbonyl (C=O) groups excluding carboxylic acids is 1. The minimum absolute atomic E-state index is 0. The van der Waals surface area contributed by atoms with E-state index in [2.05, 4.69) is 9.47 Å². The summed E-state index contributed by atoms with van der Waals surface area (Å²) in [6.07, 6.45) is -7.37. The molecule has 5 nitrogen and oxygen atoms in total. The third-order valence-electron chi connectivity index (χ3n) is 2.44. The molecule has 0 fully saturated rings. The van der Waals surface area contributed by atoms with Gasteiger partial charge in [-0.05, 0) is 13.0 Å². The van der Waals surface area contributed by atoms with Gasteiger partial charge < -0.3 is 20.3 Å². The standard InChI is InChI=1S/C12H13F4NO4.ClH/c1-2-20-11(19)8(13)9(17)6-4-3-5-7(10(6)18)21-12(14,15)16;/h3-5,8-9,18H,2,17H2,1H3;1H/t8?,9-;/m1./s1. The van der Waals surface area contributed by atoms with E-state index in [-0.39, 0.29) is 19.0 Å². The highest BCUT2D eigenvalue weighted by Gasteiger charge is 2.35. The van der Waals surface area contributed by atoms with Crippen molar-refractivity contribution < 1.29 is 36.9 Å². The molecule has 3 N–H and O–H groups in total. The molecular formula is C12H14ClF4NO4. The lowest BCUT2D eigenvalue weighted by atomic mass is 10.0. The summed E-state index contributed by atoms with van der Waals surface area (Å²) in [6, 6.07) is 1.29. The lowest BCUT2D eigenvalue weighted by Gasteiger charge is -2.19. The highest BCUT2D eigenvalue weighted by Crippen LogP contribution is 2.37. The second-order valence-corrected chi connectivity index (χ2v) is 3.92. The Hall–Kier alpha value is -1.74. The van der Waals surface area contributed by atoms with E-state index in [1.807, 2.05) is 0 Å². The van der Waals surface area contributed by atoms with Gasteiger partial charge in [0.05, 0.1) is 12.6 Å². The normalized spacial score (nSPS) is 13.7. The first kappa shape index (κ1) is 20.3. The molecule has 1 aromatic carbocycles. The zero-order chi connectivity index (χ0) is 16.2. The van der Waals surface area contributed by atoms with Crippen molar-refractivity contribution >= 4 is 18.4 Å².